The lowest BCUT2D eigenvalue weighted by molar-refractivity contribution is -0.753. The molecule has 0 atom stereocenters. The molecule has 2 N–H and O–H groups in total. The van der Waals surface area contributed by atoms with Gasteiger partial charge in [-0.1, -0.05) is 11.8 Å². The second-order valence-corrected chi connectivity index (χ2v) is 4.97. The molecule has 0 amide bonds. The summed E-state index contributed by atoms with van der Waals surface area (Å²) in [6, 6.07) is 0.935. The smallest absolute Gasteiger partial charge is 0.324 e. The Bertz CT molecular complexity index is 710. The summed E-state index contributed by atoms with van der Waals surface area (Å²) in [7, 11) is 3.49. The SMILES string of the molecule is CN(C)[n+]1cc(/N=C(/[O-])CSc2nc(O)cc(=O)[nH]2)on1. The molecule has 2 aromatic heterocycles. The summed E-state index contributed by atoms with van der Waals surface area (Å²) in [4.78, 5) is 22.2. The fraction of sp³-hybridized carbons (Fsp3) is 0.300. The van der Waals surface area contributed by atoms with Crippen LogP contribution in [0.2, 0.25) is 0 Å². The third-order valence-corrected chi connectivity index (χ3v) is 2.99. The van der Waals surface area contributed by atoms with Crippen LogP contribution >= 0.6 is 11.8 Å². The lowest BCUT2D eigenvalue weighted by Crippen LogP contribution is -2.53. The molecule has 21 heavy (non-hydrogen) atoms. The molecule has 0 saturated carbocycles. The first kappa shape index (κ1) is 14.8. The summed E-state index contributed by atoms with van der Waals surface area (Å²) < 4.78 is 4.85. The topological polar surface area (TPSA) is 135 Å². The van der Waals surface area contributed by atoms with E-state index in [-0.39, 0.29) is 16.8 Å². The fourth-order valence-electron chi connectivity index (χ4n) is 1.24. The molecule has 0 bridgehead atoms. The van der Waals surface area contributed by atoms with Crippen LogP contribution in [0.15, 0.2) is 31.7 Å². The van der Waals surface area contributed by atoms with Gasteiger partial charge in [0, 0.05) is 5.75 Å². The highest BCUT2D eigenvalue weighted by Crippen LogP contribution is 2.14. The molecule has 0 saturated heterocycles. The zero-order chi connectivity index (χ0) is 15.4. The van der Waals surface area contributed by atoms with Crippen molar-refractivity contribution in [3.63, 3.8) is 0 Å². The molecule has 0 fully saturated rings. The van der Waals surface area contributed by atoms with Crippen molar-refractivity contribution in [1.29, 1.82) is 0 Å². The first-order valence-electron chi connectivity index (χ1n) is 5.68. The number of aromatic nitrogens is 4. The Hall–Kier alpha value is -2.56. The minimum absolute atomic E-state index is 0.0617. The fourth-order valence-corrected chi connectivity index (χ4v) is 1.90. The van der Waals surface area contributed by atoms with E-state index in [1.165, 1.54) is 11.0 Å². The Balaban J connectivity index is 2.01. The second kappa shape index (κ2) is 6.26. The normalized spacial score (nSPS) is 11.6. The molecule has 0 spiro atoms. The van der Waals surface area contributed by atoms with Gasteiger partial charge in [0.05, 0.1) is 25.0 Å². The number of nitrogens with zero attached hydrogens (tertiary/aromatic N) is 5. The maximum atomic E-state index is 11.7. The average Bonchev–Trinajstić information content (AvgIpc) is 2.84. The second-order valence-electron chi connectivity index (χ2n) is 4.01. The van der Waals surface area contributed by atoms with Crippen LogP contribution in [-0.2, 0) is 0 Å². The van der Waals surface area contributed by atoms with Crippen LogP contribution in [0, 0.1) is 0 Å². The van der Waals surface area contributed by atoms with E-state index in [1.807, 2.05) is 0 Å². The Kier molecular flexibility index (Phi) is 4.42. The lowest BCUT2D eigenvalue weighted by atomic mass is 10.6. The predicted octanol–water partition coefficient (Wildman–Crippen LogP) is -1.87. The Morgan fingerprint density at radius 3 is 3.05 bits per heavy atom. The van der Waals surface area contributed by atoms with Crippen LogP contribution in [0.3, 0.4) is 0 Å². The number of nitrogens with one attached hydrogen (secondary N) is 1. The number of hydrogen-bond donors (Lipinski definition) is 2. The predicted molar refractivity (Wildman–Crippen MR) is 71.1 cm³/mol. The summed E-state index contributed by atoms with van der Waals surface area (Å²) in [5.74, 6) is -0.915. The Morgan fingerprint density at radius 2 is 2.43 bits per heavy atom. The summed E-state index contributed by atoms with van der Waals surface area (Å²) in [6.45, 7) is 0. The van der Waals surface area contributed by atoms with Crippen molar-refractivity contribution in [2.75, 3.05) is 24.9 Å². The van der Waals surface area contributed by atoms with E-state index in [2.05, 4.69) is 20.2 Å². The highest BCUT2D eigenvalue weighted by atomic mass is 32.2. The Labute approximate surface area is 122 Å². The third kappa shape index (κ3) is 4.21. The van der Waals surface area contributed by atoms with Crippen molar-refractivity contribution in [3.05, 3.63) is 22.6 Å². The highest BCUT2D eigenvalue weighted by Gasteiger charge is 2.12. The molecule has 2 aromatic rings. The van der Waals surface area contributed by atoms with Gasteiger partial charge in [0.1, 0.15) is 0 Å². The number of H-pyrrole nitrogens is 1. The largest absolute Gasteiger partial charge is 0.861 e. The third-order valence-electron chi connectivity index (χ3n) is 2.13. The van der Waals surface area contributed by atoms with Crippen molar-refractivity contribution < 1.29 is 19.5 Å². The molecule has 112 valence electrons. The van der Waals surface area contributed by atoms with Gasteiger partial charge < -0.3 is 15.2 Å². The van der Waals surface area contributed by atoms with E-state index in [4.69, 9.17) is 9.63 Å². The highest BCUT2D eigenvalue weighted by molar-refractivity contribution is 7.99. The number of aliphatic imine (C=N–C) groups is 1. The monoisotopic (exact) mass is 312 g/mol. The molecule has 0 aliphatic heterocycles. The molecule has 0 unspecified atom stereocenters. The van der Waals surface area contributed by atoms with E-state index in [0.717, 1.165) is 17.8 Å². The van der Waals surface area contributed by atoms with E-state index >= 15 is 0 Å². The maximum absolute atomic E-state index is 11.7. The zero-order valence-electron chi connectivity index (χ0n) is 11.2. The number of thioether (sulfide) groups is 1. The van der Waals surface area contributed by atoms with E-state index in [0.29, 0.717) is 0 Å². The molecule has 0 aromatic carbocycles. The van der Waals surface area contributed by atoms with Gasteiger partial charge in [-0.3, -0.25) is 9.32 Å². The summed E-state index contributed by atoms with van der Waals surface area (Å²) in [5.41, 5.74) is -0.503. The molecule has 0 aliphatic rings. The van der Waals surface area contributed by atoms with E-state index in [1.54, 1.807) is 19.1 Å². The quantitative estimate of drug-likeness (QED) is 0.216. The van der Waals surface area contributed by atoms with Crippen LogP contribution in [0.5, 0.6) is 5.88 Å². The summed E-state index contributed by atoms with van der Waals surface area (Å²) in [5, 5.41) is 26.2. The van der Waals surface area contributed by atoms with Crippen LogP contribution in [0.4, 0.5) is 5.88 Å². The van der Waals surface area contributed by atoms with Gasteiger partial charge in [-0.25, -0.2) is 4.99 Å². The maximum Gasteiger partial charge on any atom is 0.324 e. The number of hydrogen-bond acceptors (Lipinski definition) is 9. The number of aromatic amines is 1. The van der Waals surface area contributed by atoms with Crippen LogP contribution < -0.4 is 20.5 Å². The molecular weight excluding hydrogens is 300 g/mol. The molecule has 10 nitrogen and oxygen atoms in total. The summed E-state index contributed by atoms with van der Waals surface area (Å²) in [6.07, 6.45) is 1.44. The number of aromatic hydroxyl groups is 1. The lowest BCUT2D eigenvalue weighted by Gasteiger charge is -2.07. The first-order chi connectivity index (χ1) is 9.94. The van der Waals surface area contributed by atoms with E-state index in [9.17, 15) is 9.90 Å². The minimum atomic E-state index is -0.503. The molecule has 2 heterocycles. The van der Waals surface area contributed by atoms with Gasteiger partial charge >= 0.3 is 5.88 Å². The first-order valence-corrected chi connectivity index (χ1v) is 6.66. The standard InChI is InChI=1S/C10H12N6O4S/c1-15(2)16-4-9(20-14-16)11-8(19)5-21-10-12-6(17)3-7(18)13-10/h3-4H,5H2,1-2H3,(H2-,11,12,13,14,17,18,19). The van der Waals surface area contributed by atoms with Crippen molar-refractivity contribution >= 4 is 23.5 Å². The van der Waals surface area contributed by atoms with Crippen molar-refractivity contribution in [3.8, 4) is 5.88 Å². The minimum Gasteiger partial charge on any atom is -0.861 e. The van der Waals surface area contributed by atoms with Crippen LogP contribution in [0.1, 0.15) is 0 Å². The zero-order valence-corrected chi connectivity index (χ0v) is 12.0. The van der Waals surface area contributed by atoms with Crippen LogP contribution in [-0.4, -0.2) is 46.1 Å². The number of rotatable bonds is 5. The molecule has 0 radical (unpaired) electrons. The van der Waals surface area contributed by atoms with Gasteiger partial charge in [0.25, 0.3) is 11.8 Å². The average molecular weight is 312 g/mol. The molecular formula is C10H12N6O4S. The molecule has 0 aliphatic carbocycles. The summed E-state index contributed by atoms with van der Waals surface area (Å²) >= 11 is 0.940. The van der Waals surface area contributed by atoms with Crippen molar-refractivity contribution in [1.82, 2.24) is 15.2 Å². The van der Waals surface area contributed by atoms with Gasteiger partial charge in [-0.2, -0.15) is 9.99 Å². The molecule has 11 heteroatoms. The van der Waals surface area contributed by atoms with Gasteiger partial charge in [-0.05, 0) is 5.90 Å². The Morgan fingerprint density at radius 1 is 1.67 bits per heavy atom. The van der Waals surface area contributed by atoms with E-state index < -0.39 is 17.3 Å². The van der Waals surface area contributed by atoms with Crippen molar-refractivity contribution in [2.24, 2.45) is 4.99 Å². The van der Waals surface area contributed by atoms with Crippen LogP contribution in [0.25, 0.3) is 0 Å². The van der Waals surface area contributed by atoms with Gasteiger partial charge in [0.2, 0.25) is 11.2 Å². The van der Waals surface area contributed by atoms with Crippen molar-refractivity contribution in [2.45, 2.75) is 5.16 Å². The van der Waals surface area contributed by atoms with Gasteiger partial charge in [0.15, 0.2) is 5.16 Å². The van der Waals surface area contributed by atoms with Gasteiger partial charge in [-0.15, -0.1) is 0 Å². The molecule has 2 rings (SSSR count).